The number of ether oxygens (including phenoxy) is 1. The maximum Gasteiger partial charge on any atom is 0.417 e. The van der Waals surface area contributed by atoms with Crippen molar-refractivity contribution >= 4 is 22.7 Å². The van der Waals surface area contributed by atoms with Crippen LogP contribution in [0.3, 0.4) is 0 Å². The lowest BCUT2D eigenvalue weighted by Crippen LogP contribution is -2.12. The molecule has 0 unspecified atom stereocenters. The van der Waals surface area contributed by atoms with Crippen LogP contribution in [0.1, 0.15) is 10.4 Å². The number of H-pyrrole nitrogens is 1. The zero-order valence-electron chi connectivity index (χ0n) is 13.4. The Kier molecular flexibility index (Phi) is 3.95. The molecule has 4 aromatic rings. The third kappa shape index (κ3) is 3.32. The highest BCUT2D eigenvalue weighted by molar-refractivity contribution is 6.04. The lowest BCUT2D eigenvalue weighted by Gasteiger charge is -2.07. The van der Waals surface area contributed by atoms with Crippen molar-refractivity contribution in [2.75, 3.05) is 5.32 Å². The third-order valence-electron chi connectivity index (χ3n) is 3.64. The molecule has 0 saturated carbocycles. The molecule has 2 aromatic heterocycles. The molecule has 128 valence electrons. The van der Waals surface area contributed by atoms with Gasteiger partial charge in [0.15, 0.2) is 5.58 Å². The van der Waals surface area contributed by atoms with Gasteiger partial charge in [-0.3, -0.25) is 9.78 Å². The van der Waals surface area contributed by atoms with E-state index in [2.05, 4.69) is 15.3 Å². The molecular weight excluding hydrogens is 334 g/mol. The maximum atomic E-state index is 12.3. The van der Waals surface area contributed by atoms with E-state index in [1.165, 1.54) is 6.20 Å². The second kappa shape index (κ2) is 6.56. The predicted octanol–water partition coefficient (Wildman–Crippen LogP) is 3.56. The molecular formula is C19H13N3O4. The standard InChI is InChI=1S/C19H13N3O4/c23-18(21-13-7-8-16-15(10-13)22-19(24)26-16)12-6-9-17(20-11-12)25-14-4-2-1-3-5-14/h1-11H,(H,21,23)(H,22,24). The summed E-state index contributed by atoms with van der Waals surface area (Å²) in [7, 11) is 0. The van der Waals surface area contributed by atoms with Gasteiger partial charge in [-0.05, 0) is 36.4 Å². The summed E-state index contributed by atoms with van der Waals surface area (Å²) in [6, 6.07) is 17.4. The number of aromatic nitrogens is 2. The summed E-state index contributed by atoms with van der Waals surface area (Å²) in [5.74, 6) is 0.195. The summed E-state index contributed by atoms with van der Waals surface area (Å²) in [4.78, 5) is 30.2. The van der Waals surface area contributed by atoms with E-state index in [1.807, 2.05) is 30.3 Å². The molecule has 0 aliphatic rings. The number of para-hydroxylation sites is 1. The van der Waals surface area contributed by atoms with E-state index >= 15 is 0 Å². The molecule has 1 amide bonds. The van der Waals surface area contributed by atoms with Gasteiger partial charge in [0.2, 0.25) is 5.88 Å². The molecule has 0 radical (unpaired) electrons. The normalized spacial score (nSPS) is 10.6. The van der Waals surface area contributed by atoms with Gasteiger partial charge >= 0.3 is 5.76 Å². The molecule has 7 heteroatoms. The van der Waals surface area contributed by atoms with E-state index in [9.17, 15) is 9.59 Å². The van der Waals surface area contributed by atoms with Gasteiger partial charge in [0, 0.05) is 18.0 Å². The Balaban J connectivity index is 1.47. The lowest BCUT2D eigenvalue weighted by molar-refractivity contribution is 0.102. The minimum Gasteiger partial charge on any atom is -0.439 e. The molecule has 0 fully saturated rings. The molecule has 26 heavy (non-hydrogen) atoms. The highest BCUT2D eigenvalue weighted by Gasteiger charge is 2.09. The third-order valence-corrected chi connectivity index (χ3v) is 3.64. The van der Waals surface area contributed by atoms with Crippen molar-refractivity contribution in [2.45, 2.75) is 0 Å². The smallest absolute Gasteiger partial charge is 0.417 e. The molecule has 7 nitrogen and oxygen atoms in total. The van der Waals surface area contributed by atoms with E-state index in [-0.39, 0.29) is 5.91 Å². The Hall–Kier alpha value is -3.87. The molecule has 0 bridgehead atoms. The molecule has 4 rings (SSSR count). The minimum atomic E-state index is -0.540. The van der Waals surface area contributed by atoms with Gasteiger partial charge in [-0.2, -0.15) is 0 Å². The summed E-state index contributed by atoms with van der Waals surface area (Å²) in [5, 5.41) is 2.75. The van der Waals surface area contributed by atoms with E-state index in [0.717, 1.165) is 0 Å². The lowest BCUT2D eigenvalue weighted by atomic mass is 10.2. The molecule has 0 aliphatic heterocycles. The number of nitrogens with zero attached hydrogens (tertiary/aromatic N) is 1. The predicted molar refractivity (Wildman–Crippen MR) is 95.5 cm³/mol. The van der Waals surface area contributed by atoms with Gasteiger partial charge in [-0.25, -0.2) is 9.78 Å². The average Bonchev–Trinajstić information content (AvgIpc) is 3.02. The number of carbonyl (C=O) groups excluding carboxylic acids is 1. The molecule has 2 aromatic carbocycles. The van der Waals surface area contributed by atoms with Gasteiger partial charge in [0.05, 0.1) is 11.1 Å². The zero-order valence-corrected chi connectivity index (χ0v) is 13.4. The van der Waals surface area contributed by atoms with Gasteiger partial charge < -0.3 is 14.5 Å². The topological polar surface area (TPSA) is 97.2 Å². The number of fused-ring (bicyclic) bond motifs is 1. The SMILES string of the molecule is O=C(Nc1ccc2oc(=O)[nH]c2c1)c1ccc(Oc2ccccc2)nc1. The molecule has 2 heterocycles. The number of hydrogen-bond donors (Lipinski definition) is 2. The number of anilines is 1. The number of amides is 1. The van der Waals surface area contributed by atoms with Crippen LogP contribution in [0.4, 0.5) is 5.69 Å². The fraction of sp³-hybridized carbons (Fsp3) is 0. The first-order valence-corrected chi connectivity index (χ1v) is 7.80. The number of oxazole rings is 1. The second-order valence-electron chi connectivity index (χ2n) is 5.48. The highest BCUT2D eigenvalue weighted by Crippen LogP contribution is 2.20. The van der Waals surface area contributed by atoms with Crippen molar-refractivity contribution in [3.8, 4) is 11.6 Å². The van der Waals surface area contributed by atoms with Crippen molar-refractivity contribution in [1.29, 1.82) is 0 Å². The number of aromatic amines is 1. The Bertz CT molecular complexity index is 1110. The summed E-state index contributed by atoms with van der Waals surface area (Å²) < 4.78 is 10.5. The number of benzene rings is 2. The minimum absolute atomic E-state index is 0.325. The number of pyridine rings is 1. The quantitative estimate of drug-likeness (QED) is 0.588. The number of nitrogens with one attached hydrogen (secondary N) is 2. The van der Waals surface area contributed by atoms with E-state index in [0.29, 0.717) is 34.0 Å². The fourth-order valence-electron chi connectivity index (χ4n) is 2.42. The van der Waals surface area contributed by atoms with Gasteiger partial charge in [-0.1, -0.05) is 18.2 Å². The van der Waals surface area contributed by atoms with E-state index in [1.54, 1.807) is 30.3 Å². The van der Waals surface area contributed by atoms with Crippen molar-refractivity contribution < 1.29 is 13.9 Å². The van der Waals surface area contributed by atoms with Crippen LogP contribution in [0, 0.1) is 0 Å². The summed E-state index contributed by atoms with van der Waals surface area (Å²) in [6.07, 6.45) is 1.44. The first-order chi connectivity index (χ1) is 12.7. The van der Waals surface area contributed by atoms with Gasteiger partial charge in [0.1, 0.15) is 5.75 Å². The van der Waals surface area contributed by atoms with Crippen molar-refractivity contribution in [1.82, 2.24) is 9.97 Å². The van der Waals surface area contributed by atoms with Crippen LogP contribution < -0.4 is 15.8 Å². The van der Waals surface area contributed by atoms with Crippen LogP contribution in [0.2, 0.25) is 0 Å². The van der Waals surface area contributed by atoms with E-state index < -0.39 is 5.76 Å². The van der Waals surface area contributed by atoms with Crippen LogP contribution in [-0.4, -0.2) is 15.9 Å². The first kappa shape index (κ1) is 15.6. The molecule has 2 N–H and O–H groups in total. The summed E-state index contributed by atoms with van der Waals surface area (Å²) in [6.45, 7) is 0. The zero-order chi connectivity index (χ0) is 17.9. The molecule has 0 atom stereocenters. The Morgan fingerprint density at radius 1 is 1.08 bits per heavy atom. The van der Waals surface area contributed by atoms with Crippen molar-refractivity contribution in [3.63, 3.8) is 0 Å². The van der Waals surface area contributed by atoms with Crippen molar-refractivity contribution in [2.24, 2.45) is 0 Å². The monoisotopic (exact) mass is 347 g/mol. The Morgan fingerprint density at radius 3 is 2.69 bits per heavy atom. The van der Waals surface area contributed by atoms with Crippen molar-refractivity contribution in [3.05, 3.63) is 83.0 Å². The van der Waals surface area contributed by atoms with Crippen LogP contribution in [0.25, 0.3) is 11.1 Å². The van der Waals surface area contributed by atoms with Crippen LogP contribution >= 0.6 is 0 Å². The molecule has 0 aliphatic carbocycles. The Labute approximate surface area is 147 Å². The average molecular weight is 347 g/mol. The highest BCUT2D eigenvalue weighted by atomic mass is 16.5. The summed E-state index contributed by atoms with van der Waals surface area (Å²) in [5.41, 5.74) is 1.85. The molecule has 0 spiro atoms. The first-order valence-electron chi connectivity index (χ1n) is 7.80. The van der Waals surface area contributed by atoms with Crippen LogP contribution in [0.5, 0.6) is 11.6 Å². The largest absolute Gasteiger partial charge is 0.439 e. The second-order valence-corrected chi connectivity index (χ2v) is 5.48. The van der Waals surface area contributed by atoms with Gasteiger partial charge in [0.25, 0.3) is 5.91 Å². The number of hydrogen-bond acceptors (Lipinski definition) is 5. The van der Waals surface area contributed by atoms with E-state index in [4.69, 9.17) is 9.15 Å². The Morgan fingerprint density at radius 2 is 1.92 bits per heavy atom. The van der Waals surface area contributed by atoms with Gasteiger partial charge in [-0.15, -0.1) is 0 Å². The summed E-state index contributed by atoms with van der Waals surface area (Å²) >= 11 is 0. The maximum absolute atomic E-state index is 12.3. The number of carbonyl (C=O) groups is 1. The molecule has 0 saturated heterocycles. The number of rotatable bonds is 4. The fourth-order valence-corrected chi connectivity index (χ4v) is 2.42. The van der Waals surface area contributed by atoms with Crippen LogP contribution in [-0.2, 0) is 0 Å². The van der Waals surface area contributed by atoms with Crippen LogP contribution in [0.15, 0.2) is 76.1 Å².